The molecule has 8 nitrogen and oxygen atoms in total. The van der Waals surface area contributed by atoms with Gasteiger partial charge in [-0.15, -0.1) is 0 Å². The van der Waals surface area contributed by atoms with E-state index in [-0.39, 0.29) is 37.9 Å². The summed E-state index contributed by atoms with van der Waals surface area (Å²) >= 11 is 0. The highest BCUT2D eigenvalue weighted by atomic mass is 32.2. The van der Waals surface area contributed by atoms with Crippen molar-refractivity contribution in [2.45, 2.75) is 21.1 Å². The summed E-state index contributed by atoms with van der Waals surface area (Å²) in [4.78, 5) is 25.0. The van der Waals surface area contributed by atoms with E-state index in [0.29, 0.717) is 6.42 Å². The maximum absolute atomic E-state index is 13.0. The third-order valence-corrected chi connectivity index (χ3v) is 7.93. The second-order valence-corrected chi connectivity index (χ2v) is 10.7. The summed E-state index contributed by atoms with van der Waals surface area (Å²) in [6.45, 7) is 0.235. The van der Waals surface area contributed by atoms with Crippen LogP contribution in [0.3, 0.4) is 0 Å². The first-order valence-corrected chi connectivity index (χ1v) is 12.5. The van der Waals surface area contributed by atoms with Gasteiger partial charge in [-0.2, -0.15) is 0 Å². The fourth-order valence-electron chi connectivity index (χ4n) is 3.49. The first-order valence-electron chi connectivity index (χ1n) is 9.52. The average molecular weight is 471 g/mol. The second kappa shape index (κ2) is 7.97. The third kappa shape index (κ3) is 3.95. The molecule has 4 rings (SSSR count). The van der Waals surface area contributed by atoms with Crippen molar-refractivity contribution in [1.82, 2.24) is 5.32 Å². The predicted molar refractivity (Wildman–Crippen MR) is 116 cm³/mol. The number of rotatable bonds is 5. The molecule has 3 aromatic carbocycles. The van der Waals surface area contributed by atoms with Gasteiger partial charge in [0, 0.05) is 23.2 Å². The van der Waals surface area contributed by atoms with Gasteiger partial charge in [-0.25, -0.2) is 22.0 Å². The Kier molecular flexibility index (Phi) is 5.45. The Balaban J connectivity index is 1.50. The van der Waals surface area contributed by atoms with Crippen molar-refractivity contribution in [3.05, 3.63) is 89.0 Å². The number of amides is 1. The molecular weight excluding hydrogens is 452 g/mol. The molecule has 0 aromatic heterocycles. The van der Waals surface area contributed by atoms with Crippen LogP contribution in [0.5, 0.6) is 0 Å². The molecule has 1 aliphatic heterocycles. The number of fused-ring (bicyclic) bond motifs is 2. The van der Waals surface area contributed by atoms with E-state index in [1.165, 1.54) is 42.5 Å². The summed E-state index contributed by atoms with van der Waals surface area (Å²) in [5.74, 6) is -0.893. The van der Waals surface area contributed by atoms with Crippen LogP contribution < -0.4 is 10.5 Å². The molecule has 0 radical (unpaired) electrons. The number of sulfonamides is 1. The first-order chi connectivity index (χ1) is 15.1. The lowest BCUT2D eigenvalue weighted by molar-refractivity contribution is 0.0952. The van der Waals surface area contributed by atoms with Crippen LogP contribution in [0.25, 0.3) is 0 Å². The summed E-state index contributed by atoms with van der Waals surface area (Å²) < 4.78 is 48.6. The molecule has 0 unspecified atom stereocenters. The smallest absolute Gasteiger partial charge is 0.251 e. The molecule has 3 aromatic rings. The Bertz CT molecular complexity index is 1460. The van der Waals surface area contributed by atoms with E-state index in [4.69, 9.17) is 5.14 Å². The van der Waals surface area contributed by atoms with E-state index in [0.717, 1.165) is 5.56 Å². The normalized spacial score (nSPS) is 14.3. The number of ketones is 1. The summed E-state index contributed by atoms with van der Waals surface area (Å²) in [6, 6.07) is 15.9. The van der Waals surface area contributed by atoms with E-state index in [1.807, 2.05) is 0 Å². The highest BCUT2D eigenvalue weighted by Crippen LogP contribution is 2.34. The zero-order valence-corrected chi connectivity index (χ0v) is 18.2. The minimum absolute atomic E-state index is 0.00308. The van der Waals surface area contributed by atoms with Crippen LogP contribution in [0.2, 0.25) is 0 Å². The topological polar surface area (TPSA) is 140 Å². The molecule has 164 valence electrons. The number of primary sulfonamides is 1. The van der Waals surface area contributed by atoms with Gasteiger partial charge in [0.1, 0.15) is 0 Å². The van der Waals surface area contributed by atoms with E-state index in [2.05, 4.69) is 5.32 Å². The largest absolute Gasteiger partial charge is 0.352 e. The maximum atomic E-state index is 13.0. The monoisotopic (exact) mass is 470 g/mol. The second-order valence-electron chi connectivity index (χ2n) is 7.23. The van der Waals surface area contributed by atoms with E-state index < -0.39 is 31.6 Å². The van der Waals surface area contributed by atoms with Gasteiger partial charge in [0.2, 0.25) is 19.9 Å². The van der Waals surface area contributed by atoms with E-state index in [1.54, 1.807) is 24.3 Å². The predicted octanol–water partition coefficient (Wildman–Crippen LogP) is 1.68. The van der Waals surface area contributed by atoms with Crippen molar-refractivity contribution >= 4 is 31.6 Å². The molecule has 1 heterocycles. The van der Waals surface area contributed by atoms with Crippen molar-refractivity contribution in [2.75, 3.05) is 6.54 Å². The highest BCUT2D eigenvalue weighted by Gasteiger charge is 2.34. The van der Waals surface area contributed by atoms with Gasteiger partial charge >= 0.3 is 0 Å². The van der Waals surface area contributed by atoms with Crippen LogP contribution in [0, 0.1) is 0 Å². The number of carbonyl (C=O) groups excluding carboxylic acids is 2. The molecule has 0 bridgehead atoms. The van der Waals surface area contributed by atoms with E-state index in [9.17, 15) is 26.4 Å². The molecule has 1 aliphatic rings. The average Bonchev–Trinajstić information content (AvgIpc) is 2.77. The molecular formula is C22H18N2O6S2. The standard InChI is InChI=1S/C22H18N2O6S2/c23-32(29,30)16-8-5-14(6-9-16)11-12-24-22(26)15-7-10-18-20(13-15)31(27,28)19-4-2-1-3-17(19)21(18)25/h1-10,13H,11-12H2,(H,24,26)(H2,23,29,30). The lowest BCUT2D eigenvalue weighted by Gasteiger charge is -2.19. The first kappa shape index (κ1) is 21.9. The third-order valence-electron chi connectivity index (χ3n) is 5.15. The maximum Gasteiger partial charge on any atom is 0.251 e. The quantitative estimate of drug-likeness (QED) is 0.455. The lowest BCUT2D eigenvalue weighted by atomic mass is 10.0. The fraction of sp³-hybridized carbons (Fsp3) is 0.0909. The molecule has 3 N–H and O–H groups in total. The zero-order chi connectivity index (χ0) is 23.1. The molecule has 0 aliphatic carbocycles. The van der Waals surface area contributed by atoms with Gasteiger partial charge in [0.15, 0.2) is 5.78 Å². The van der Waals surface area contributed by atoms with Gasteiger partial charge in [-0.1, -0.05) is 24.3 Å². The SMILES string of the molecule is NS(=O)(=O)c1ccc(CCNC(=O)c2ccc3c(c2)S(=O)(=O)c2ccccc2C3=O)cc1. The van der Waals surface area contributed by atoms with Gasteiger partial charge in [-0.05, 0) is 54.4 Å². The van der Waals surface area contributed by atoms with E-state index >= 15 is 0 Å². The van der Waals surface area contributed by atoms with Gasteiger partial charge in [0.25, 0.3) is 5.91 Å². The summed E-state index contributed by atoms with van der Waals surface area (Å²) in [5.41, 5.74) is 1.05. The number of benzene rings is 3. The number of hydrogen-bond acceptors (Lipinski definition) is 6. The van der Waals surface area contributed by atoms with Gasteiger partial charge in [-0.3, -0.25) is 9.59 Å². The minimum atomic E-state index is -3.93. The molecule has 32 heavy (non-hydrogen) atoms. The van der Waals surface area contributed by atoms with Crippen LogP contribution in [-0.4, -0.2) is 35.1 Å². The summed E-state index contributed by atoms with van der Waals surface area (Å²) in [7, 11) is -7.70. The lowest BCUT2D eigenvalue weighted by Crippen LogP contribution is -2.27. The number of sulfone groups is 1. The molecule has 10 heteroatoms. The van der Waals surface area contributed by atoms with Crippen molar-refractivity contribution in [3.63, 3.8) is 0 Å². The molecule has 0 saturated heterocycles. The van der Waals surface area contributed by atoms with Crippen LogP contribution in [0.1, 0.15) is 31.8 Å². The van der Waals surface area contributed by atoms with Gasteiger partial charge in [0.05, 0.1) is 14.7 Å². The molecule has 1 amide bonds. The Hall–Kier alpha value is -3.34. The van der Waals surface area contributed by atoms with Crippen LogP contribution >= 0.6 is 0 Å². The number of nitrogens with two attached hydrogens (primary N) is 1. The molecule has 0 spiro atoms. The highest BCUT2D eigenvalue weighted by molar-refractivity contribution is 7.91. The summed E-state index contributed by atoms with van der Waals surface area (Å²) in [5, 5.41) is 7.76. The zero-order valence-electron chi connectivity index (χ0n) is 16.6. The number of nitrogens with one attached hydrogen (secondary N) is 1. The Labute approximate surface area is 185 Å². The van der Waals surface area contributed by atoms with Gasteiger partial charge < -0.3 is 5.32 Å². The summed E-state index contributed by atoms with van der Waals surface area (Å²) in [6.07, 6.45) is 0.422. The molecule has 0 saturated carbocycles. The van der Waals surface area contributed by atoms with Crippen LogP contribution in [0.4, 0.5) is 0 Å². The Morgan fingerprint density at radius 2 is 1.56 bits per heavy atom. The molecule has 0 atom stereocenters. The van der Waals surface area contributed by atoms with Crippen molar-refractivity contribution in [2.24, 2.45) is 5.14 Å². The van der Waals surface area contributed by atoms with Crippen LogP contribution in [-0.2, 0) is 26.3 Å². The minimum Gasteiger partial charge on any atom is -0.352 e. The van der Waals surface area contributed by atoms with Crippen molar-refractivity contribution in [1.29, 1.82) is 0 Å². The van der Waals surface area contributed by atoms with Crippen LogP contribution in [0.15, 0.2) is 81.4 Å². The van der Waals surface area contributed by atoms with Crippen molar-refractivity contribution in [3.8, 4) is 0 Å². The number of carbonyl (C=O) groups is 2. The van der Waals surface area contributed by atoms with Crippen molar-refractivity contribution < 1.29 is 26.4 Å². The number of hydrogen-bond donors (Lipinski definition) is 2. The fourth-order valence-corrected chi connectivity index (χ4v) is 5.69. The molecule has 0 fully saturated rings. The Morgan fingerprint density at radius 3 is 2.25 bits per heavy atom. The Morgan fingerprint density at radius 1 is 0.906 bits per heavy atom.